The van der Waals surface area contributed by atoms with E-state index >= 15 is 0 Å². The van der Waals surface area contributed by atoms with Crippen molar-refractivity contribution in [1.29, 1.82) is 0 Å². The predicted molar refractivity (Wildman–Crippen MR) is 88.2 cm³/mol. The maximum Gasteiger partial charge on any atom is 0.255 e. The van der Waals surface area contributed by atoms with E-state index in [1.807, 2.05) is 30.3 Å². The molecule has 4 rings (SSSR count). The number of carbonyl (C=O) groups is 1. The molecular formula is C18H19N3O. The molecule has 112 valence electrons. The highest BCUT2D eigenvalue weighted by Gasteiger charge is 2.27. The smallest absolute Gasteiger partial charge is 0.255 e. The molecule has 0 aliphatic carbocycles. The Kier molecular flexibility index (Phi) is 3.22. The highest BCUT2D eigenvalue weighted by Crippen LogP contribution is 2.32. The van der Waals surface area contributed by atoms with Crippen LogP contribution in [0, 0.1) is 0 Å². The maximum absolute atomic E-state index is 12.3. The summed E-state index contributed by atoms with van der Waals surface area (Å²) in [6.45, 7) is 2.18. The van der Waals surface area contributed by atoms with Gasteiger partial charge in [0.15, 0.2) is 0 Å². The van der Waals surface area contributed by atoms with E-state index in [4.69, 9.17) is 0 Å². The Balaban J connectivity index is 1.70. The number of hydrogen-bond donors (Lipinski definition) is 2. The molecule has 2 N–H and O–H groups in total. The fourth-order valence-corrected chi connectivity index (χ4v) is 3.34. The Morgan fingerprint density at radius 2 is 1.64 bits per heavy atom. The Labute approximate surface area is 130 Å². The SMILES string of the molecule is O=C1N[C@H](c2ccccc2N2CCCC2)Nc2ccccc21. The normalized spacial score (nSPS) is 20.3. The van der Waals surface area contributed by atoms with Crippen molar-refractivity contribution >= 4 is 17.3 Å². The second-order valence-corrected chi connectivity index (χ2v) is 5.85. The van der Waals surface area contributed by atoms with E-state index in [2.05, 4.69) is 33.7 Å². The van der Waals surface area contributed by atoms with E-state index in [0.29, 0.717) is 5.56 Å². The Hall–Kier alpha value is -2.49. The van der Waals surface area contributed by atoms with Crippen LogP contribution < -0.4 is 15.5 Å². The molecule has 1 saturated heterocycles. The van der Waals surface area contributed by atoms with Gasteiger partial charge in [-0.3, -0.25) is 4.79 Å². The van der Waals surface area contributed by atoms with E-state index < -0.39 is 0 Å². The molecule has 1 amide bonds. The van der Waals surface area contributed by atoms with Gasteiger partial charge in [-0.25, -0.2) is 0 Å². The van der Waals surface area contributed by atoms with Crippen molar-refractivity contribution in [2.45, 2.75) is 19.0 Å². The molecule has 2 aromatic rings. The van der Waals surface area contributed by atoms with Crippen molar-refractivity contribution in [3.05, 3.63) is 59.7 Å². The van der Waals surface area contributed by atoms with E-state index in [0.717, 1.165) is 24.3 Å². The van der Waals surface area contributed by atoms with Gasteiger partial charge in [0.2, 0.25) is 0 Å². The molecule has 22 heavy (non-hydrogen) atoms. The van der Waals surface area contributed by atoms with Crippen LogP contribution in [-0.4, -0.2) is 19.0 Å². The predicted octanol–water partition coefficient (Wildman–Crippen LogP) is 3.14. The summed E-state index contributed by atoms with van der Waals surface area (Å²) in [5, 5.41) is 6.52. The van der Waals surface area contributed by atoms with Crippen LogP contribution in [0.4, 0.5) is 11.4 Å². The van der Waals surface area contributed by atoms with Crippen LogP contribution in [0.1, 0.15) is 34.9 Å². The van der Waals surface area contributed by atoms with Crippen molar-refractivity contribution in [3.63, 3.8) is 0 Å². The van der Waals surface area contributed by atoms with Gasteiger partial charge in [0.1, 0.15) is 6.17 Å². The molecule has 0 spiro atoms. The quantitative estimate of drug-likeness (QED) is 0.894. The molecule has 2 aliphatic rings. The number of nitrogens with one attached hydrogen (secondary N) is 2. The first-order valence-corrected chi connectivity index (χ1v) is 7.83. The summed E-state index contributed by atoms with van der Waals surface area (Å²) in [5.74, 6) is -0.0180. The minimum absolute atomic E-state index is 0.0180. The zero-order valence-corrected chi connectivity index (χ0v) is 12.4. The Morgan fingerprint density at radius 1 is 0.909 bits per heavy atom. The van der Waals surface area contributed by atoms with Gasteiger partial charge in [-0.2, -0.15) is 0 Å². The number of amides is 1. The number of carbonyl (C=O) groups excluding carboxylic acids is 1. The van der Waals surface area contributed by atoms with Crippen LogP contribution in [-0.2, 0) is 0 Å². The van der Waals surface area contributed by atoms with Crippen LogP contribution >= 0.6 is 0 Å². The van der Waals surface area contributed by atoms with Gasteiger partial charge in [-0.1, -0.05) is 30.3 Å². The number of rotatable bonds is 2. The summed E-state index contributed by atoms with van der Waals surface area (Å²) in [4.78, 5) is 14.7. The fraction of sp³-hybridized carbons (Fsp3) is 0.278. The lowest BCUT2D eigenvalue weighted by atomic mass is 10.0. The van der Waals surface area contributed by atoms with Crippen LogP contribution in [0.2, 0.25) is 0 Å². The number of nitrogens with zero attached hydrogens (tertiary/aromatic N) is 1. The summed E-state index contributed by atoms with van der Waals surface area (Å²) in [6, 6.07) is 16.0. The van der Waals surface area contributed by atoms with Gasteiger partial charge in [0.25, 0.3) is 5.91 Å². The molecule has 4 nitrogen and oxygen atoms in total. The molecule has 0 aromatic heterocycles. The van der Waals surface area contributed by atoms with Crippen molar-refractivity contribution < 1.29 is 4.79 Å². The average molecular weight is 293 g/mol. The van der Waals surface area contributed by atoms with E-state index in [9.17, 15) is 4.79 Å². The average Bonchev–Trinajstić information content (AvgIpc) is 3.09. The van der Waals surface area contributed by atoms with E-state index in [1.54, 1.807) is 0 Å². The maximum atomic E-state index is 12.3. The summed E-state index contributed by atoms with van der Waals surface area (Å²) >= 11 is 0. The Bertz CT molecular complexity index is 707. The molecule has 0 saturated carbocycles. The third kappa shape index (κ3) is 2.21. The number of fused-ring (bicyclic) bond motifs is 1. The summed E-state index contributed by atoms with van der Waals surface area (Å²) in [6.07, 6.45) is 2.29. The van der Waals surface area contributed by atoms with Gasteiger partial charge in [0.05, 0.1) is 5.56 Å². The molecule has 0 radical (unpaired) electrons. The van der Waals surface area contributed by atoms with Crippen LogP contribution in [0.25, 0.3) is 0 Å². The first-order chi connectivity index (χ1) is 10.8. The highest BCUT2D eigenvalue weighted by molar-refractivity contribution is 6.01. The zero-order valence-electron chi connectivity index (χ0n) is 12.4. The molecule has 1 fully saturated rings. The molecule has 0 bridgehead atoms. The second kappa shape index (κ2) is 5.37. The van der Waals surface area contributed by atoms with Crippen molar-refractivity contribution in [2.75, 3.05) is 23.3 Å². The number of anilines is 2. The molecule has 4 heteroatoms. The van der Waals surface area contributed by atoms with Crippen LogP contribution in [0.15, 0.2) is 48.5 Å². The van der Waals surface area contributed by atoms with Crippen LogP contribution in [0.5, 0.6) is 0 Å². The van der Waals surface area contributed by atoms with Gasteiger partial charge in [0, 0.05) is 30.0 Å². The largest absolute Gasteiger partial charge is 0.371 e. The second-order valence-electron chi connectivity index (χ2n) is 5.85. The summed E-state index contributed by atoms with van der Waals surface area (Å²) in [5.41, 5.74) is 3.95. The molecule has 2 heterocycles. The standard InChI is InChI=1S/C18H19N3O/c22-18-13-7-1-3-9-15(13)19-17(20-18)14-8-2-4-10-16(14)21-11-5-6-12-21/h1-4,7-10,17,19H,5-6,11-12H2,(H,20,22)/t17-/m1/s1. The molecule has 2 aromatic carbocycles. The lowest BCUT2D eigenvalue weighted by molar-refractivity contribution is 0.0936. The summed E-state index contributed by atoms with van der Waals surface area (Å²) < 4.78 is 0. The van der Waals surface area contributed by atoms with Crippen molar-refractivity contribution in [1.82, 2.24) is 5.32 Å². The highest BCUT2D eigenvalue weighted by atomic mass is 16.2. The first-order valence-electron chi connectivity index (χ1n) is 7.83. The minimum Gasteiger partial charge on any atom is -0.371 e. The summed E-state index contributed by atoms with van der Waals surface area (Å²) in [7, 11) is 0. The van der Waals surface area contributed by atoms with Crippen molar-refractivity contribution in [2.24, 2.45) is 0 Å². The van der Waals surface area contributed by atoms with Gasteiger partial charge >= 0.3 is 0 Å². The number of hydrogen-bond acceptors (Lipinski definition) is 3. The van der Waals surface area contributed by atoms with Gasteiger partial charge in [-0.05, 0) is 31.0 Å². The molecular weight excluding hydrogens is 274 g/mol. The third-order valence-electron chi connectivity index (χ3n) is 4.44. The zero-order chi connectivity index (χ0) is 14.9. The first kappa shape index (κ1) is 13.2. The lowest BCUT2D eigenvalue weighted by Crippen LogP contribution is -2.39. The molecule has 0 unspecified atom stereocenters. The van der Waals surface area contributed by atoms with Gasteiger partial charge < -0.3 is 15.5 Å². The lowest BCUT2D eigenvalue weighted by Gasteiger charge is -2.31. The number of para-hydroxylation sites is 2. The van der Waals surface area contributed by atoms with Crippen molar-refractivity contribution in [3.8, 4) is 0 Å². The van der Waals surface area contributed by atoms with Crippen LogP contribution in [0.3, 0.4) is 0 Å². The topological polar surface area (TPSA) is 44.4 Å². The molecule has 2 aliphatic heterocycles. The van der Waals surface area contributed by atoms with E-state index in [-0.39, 0.29) is 12.1 Å². The minimum atomic E-state index is -0.181. The fourth-order valence-electron chi connectivity index (χ4n) is 3.34. The molecule has 1 atom stereocenters. The van der Waals surface area contributed by atoms with E-state index in [1.165, 1.54) is 18.5 Å². The number of benzene rings is 2. The third-order valence-corrected chi connectivity index (χ3v) is 4.44. The Morgan fingerprint density at radius 3 is 2.50 bits per heavy atom. The van der Waals surface area contributed by atoms with Gasteiger partial charge in [-0.15, -0.1) is 0 Å². The monoisotopic (exact) mass is 293 g/mol.